The normalized spacial score (nSPS) is 20.3. The molecule has 26 heavy (non-hydrogen) atoms. The van der Waals surface area contributed by atoms with Gasteiger partial charge in [0.25, 0.3) is 0 Å². The summed E-state index contributed by atoms with van der Waals surface area (Å²) in [5.74, 6) is -0.480. The molecule has 0 spiro atoms. The van der Waals surface area contributed by atoms with Crippen LogP contribution in [0.15, 0.2) is 30.6 Å². The van der Waals surface area contributed by atoms with Gasteiger partial charge in [0.1, 0.15) is 5.82 Å². The average molecular weight is 379 g/mol. The lowest BCUT2D eigenvalue weighted by molar-refractivity contribution is -0.125. The number of aromatic nitrogens is 2. The summed E-state index contributed by atoms with van der Waals surface area (Å²) >= 11 is 6.19. The van der Waals surface area contributed by atoms with Crippen LogP contribution in [0, 0.1) is 11.7 Å². The summed E-state index contributed by atoms with van der Waals surface area (Å²) in [6.45, 7) is 5.42. The molecule has 0 radical (unpaired) electrons. The van der Waals surface area contributed by atoms with Gasteiger partial charge in [-0.1, -0.05) is 31.5 Å². The number of carbonyl (C=O) groups excluding carboxylic acids is 1. The first kappa shape index (κ1) is 18.9. The quantitative estimate of drug-likeness (QED) is 0.840. The van der Waals surface area contributed by atoms with E-state index in [4.69, 9.17) is 11.6 Å². The summed E-state index contributed by atoms with van der Waals surface area (Å²) < 4.78 is 16.0. The van der Waals surface area contributed by atoms with Gasteiger partial charge in [0.15, 0.2) is 0 Å². The van der Waals surface area contributed by atoms with Gasteiger partial charge in [-0.05, 0) is 17.7 Å². The second kappa shape index (κ2) is 7.37. The molecule has 0 saturated carbocycles. The van der Waals surface area contributed by atoms with E-state index in [1.807, 2.05) is 27.1 Å². The van der Waals surface area contributed by atoms with Crippen LogP contribution in [0.3, 0.4) is 0 Å². The third kappa shape index (κ3) is 3.76. The SMILES string of the molecule is Cn1cc([C@H]2CNC[C@@H]2C(=O)NCC(C)(C)c2c(F)cccc2Cl)cn1. The Bertz CT molecular complexity index is 784. The summed E-state index contributed by atoms with van der Waals surface area (Å²) in [4.78, 5) is 12.8. The lowest BCUT2D eigenvalue weighted by atomic mass is 9.83. The Morgan fingerprint density at radius 1 is 1.46 bits per heavy atom. The topological polar surface area (TPSA) is 59.0 Å². The van der Waals surface area contributed by atoms with E-state index < -0.39 is 5.41 Å². The average Bonchev–Trinajstić information content (AvgIpc) is 3.21. The van der Waals surface area contributed by atoms with Crippen LogP contribution in [0.25, 0.3) is 0 Å². The first-order valence-electron chi connectivity index (χ1n) is 8.71. The fourth-order valence-electron chi connectivity index (χ4n) is 3.61. The molecule has 1 aliphatic rings. The van der Waals surface area contributed by atoms with Crippen LogP contribution >= 0.6 is 11.6 Å². The van der Waals surface area contributed by atoms with Gasteiger partial charge in [0.05, 0.1) is 12.1 Å². The molecule has 0 aliphatic carbocycles. The van der Waals surface area contributed by atoms with E-state index in [9.17, 15) is 9.18 Å². The molecule has 140 valence electrons. The van der Waals surface area contributed by atoms with Gasteiger partial charge < -0.3 is 10.6 Å². The minimum Gasteiger partial charge on any atom is -0.355 e. The van der Waals surface area contributed by atoms with Crippen LogP contribution < -0.4 is 10.6 Å². The van der Waals surface area contributed by atoms with Crippen molar-refractivity contribution in [2.45, 2.75) is 25.2 Å². The minimum atomic E-state index is -0.617. The second-order valence-electron chi connectivity index (χ2n) is 7.52. The largest absolute Gasteiger partial charge is 0.355 e. The Kier molecular flexibility index (Phi) is 5.34. The van der Waals surface area contributed by atoms with Crippen molar-refractivity contribution in [2.24, 2.45) is 13.0 Å². The van der Waals surface area contributed by atoms with Crippen LogP contribution in [0.5, 0.6) is 0 Å². The number of nitrogens with one attached hydrogen (secondary N) is 2. The molecule has 1 fully saturated rings. The fraction of sp³-hybridized carbons (Fsp3) is 0.474. The van der Waals surface area contributed by atoms with E-state index in [1.54, 1.807) is 23.0 Å². The van der Waals surface area contributed by atoms with Gasteiger partial charge in [-0.15, -0.1) is 0 Å². The van der Waals surface area contributed by atoms with Gasteiger partial charge in [-0.25, -0.2) is 4.39 Å². The maximum absolute atomic E-state index is 14.2. The zero-order valence-corrected chi connectivity index (χ0v) is 16.0. The van der Waals surface area contributed by atoms with Crippen molar-refractivity contribution in [1.29, 1.82) is 0 Å². The summed E-state index contributed by atoms with van der Waals surface area (Å²) in [7, 11) is 1.86. The number of hydrogen-bond acceptors (Lipinski definition) is 3. The highest BCUT2D eigenvalue weighted by Gasteiger charge is 2.36. The maximum Gasteiger partial charge on any atom is 0.225 e. The molecule has 2 aromatic rings. The fourth-order valence-corrected chi connectivity index (χ4v) is 4.03. The Hall–Kier alpha value is -1.92. The Morgan fingerprint density at radius 3 is 2.88 bits per heavy atom. The molecule has 2 N–H and O–H groups in total. The zero-order valence-electron chi connectivity index (χ0n) is 15.2. The lowest BCUT2D eigenvalue weighted by Crippen LogP contribution is -2.41. The molecular weight excluding hydrogens is 355 g/mol. The molecule has 5 nitrogen and oxygen atoms in total. The molecule has 1 saturated heterocycles. The molecule has 2 heterocycles. The van der Waals surface area contributed by atoms with E-state index in [0.29, 0.717) is 23.7 Å². The van der Waals surface area contributed by atoms with E-state index >= 15 is 0 Å². The van der Waals surface area contributed by atoms with Gasteiger partial charge in [0, 0.05) is 54.8 Å². The van der Waals surface area contributed by atoms with E-state index in [-0.39, 0.29) is 23.6 Å². The Balaban J connectivity index is 1.70. The van der Waals surface area contributed by atoms with Crippen molar-refractivity contribution in [3.05, 3.63) is 52.6 Å². The number of carbonyl (C=O) groups is 1. The van der Waals surface area contributed by atoms with E-state index in [2.05, 4.69) is 15.7 Å². The molecule has 0 unspecified atom stereocenters. The summed E-state index contributed by atoms with van der Waals surface area (Å²) in [6.07, 6.45) is 3.75. The number of halogens is 2. The number of aryl methyl sites for hydroxylation is 1. The van der Waals surface area contributed by atoms with Crippen molar-refractivity contribution in [2.75, 3.05) is 19.6 Å². The minimum absolute atomic E-state index is 0.0376. The lowest BCUT2D eigenvalue weighted by Gasteiger charge is -2.28. The second-order valence-corrected chi connectivity index (χ2v) is 7.92. The van der Waals surface area contributed by atoms with Crippen LogP contribution in [-0.2, 0) is 17.3 Å². The molecule has 2 atom stereocenters. The van der Waals surface area contributed by atoms with Crippen molar-refractivity contribution in [3.8, 4) is 0 Å². The molecule has 1 aromatic heterocycles. The summed E-state index contributed by atoms with van der Waals surface area (Å²) in [6, 6.07) is 4.64. The number of benzene rings is 1. The number of amides is 1. The first-order chi connectivity index (χ1) is 12.3. The monoisotopic (exact) mass is 378 g/mol. The molecular formula is C19H24ClFN4O. The van der Waals surface area contributed by atoms with Crippen LogP contribution in [0.2, 0.25) is 5.02 Å². The highest BCUT2D eigenvalue weighted by Crippen LogP contribution is 2.32. The zero-order chi connectivity index (χ0) is 18.9. The number of hydrogen-bond donors (Lipinski definition) is 2. The Morgan fingerprint density at radius 2 is 2.23 bits per heavy atom. The van der Waals surface area contributed by atoms with Gasteiger partial charge >= 0.3 is 0 Å². The maximum atomic E-state index is 14.2. The smallest absolute Gasteiger partial charge is 0.225 e. The van der Waals surface area contributed by atoms with E-state index in [1.165, 1.54) is 6.07 Å². The van der Waals surface area contributed by atoms with Crippen molar-refractivity contribution in [1.82, 2.24) is 20.4 Å². The highest BCUT2D eigenvalue weighted by atomic mass is 35.5. The van der Waals surface area contributed by atoms with Crippen molar-refractivity contribution in [3.63, 3.8) is 0 Å². The van der Waals surface area contributed by atoms with Crippen molar-refractivity contribution < 1.29 is 9.18 Å². The standard InChI is InChI=1S/C19H24ClFN4O/c1-19(2,17-15(20)5-4-6-16(17)21)11-23-18(26)14-9-22-8-13(14)12-7-24-25(3)10-12/h4-7,10,13-14,22H,8-9,11H2,1-3H3,(H,23,26)/t13-,14+/m1/s1. The van der Waals surface area contributed by atoms with Gasteiger partial charge in [-0.3, -0.25) is 9.48 Å². The predicted molar refractivity (Wildman–Crippen MR) is 99.8 cm³/mol. The van der Waals surface area contributed by atoms with Gasteiger partial charge in [0.2, 0.25) is 5.91 Å². The Labute approximate surface area is 157 Å². The highest BCUT2D eigenvalue weighted by molar-refractivity contribution is 6.31. The summed E-state index contributed by atoms with van der Waals surface area (Å²) in [5.41, 5.74) is 0.859. The van der Waals surface area contributed by atoms with Gasteiger partial charge in [-0.2, -0.15) is 5.10 Å². The third-order valence-electron chi connectivity index (χ3n) is 5.05. The van der Waals surface area contributed by atoms with Crippen LogP contribution in [0.4, 0.5) is 4.39 Å². The number of nitrogens with zero attached hydrogens (tertiary/aromatic N) is 2. The molecule has 1 aliphatic heterocycles. The van der Waals surface area contributed by atoms with Crippen LogP contribution in [-0.4, -0.2) is 35.3 Å². The molecule has 3 rings (SSSR count). The predicted octanol–water partition coefficient (Wildman–Crippen LogP) is 2.61. The first-order valence-corrected chi connectivity index (χ1v) is 9.09. The van der Waals surface area contributed by atoms with E-state index in [0.717, 1.165) is 12.1 Å². The third-order valence-corrected chi connectivity index (χ3v) is 5.36. The summed E-state index contributed by atoms with van der Waals surface area (Å²) in [5, 5.41) is 10.8. The van der Waals surface area contributed by atoms with Crippen molar-refractivity contribution >= 4 is 17.5 Å². The van der Waals surface area contributed by atoms with Crippen LogP contribution in [0.1, 0.15) is 30.9 Å². The molecule has 1 aromatic carbocycles. The molecule has 7 heteroatoms. The number of rotatable bonds is 5. The molecule has 0 bridgehead atoms. The molecule has 1 amide bonds.